The molecular weight excluding hydrogens is 437 g/mol. The minimum absolute atomic E-state index is 0.0533. The van der Waals surface area contributed by atoms with Gasteiger partial charge in [-0.15, -0.1) is 0 Å². The first kappa shape index (κ1) is 20.6. The lowest BCUT2D eigenvalue weighted by Gasteiger charge is -2.27. The van der Waals surface area contributed by atoms with Gasteiger partial charge in [0, 0.05) is 11.1 Å². The van der Waals surface area contributed by atoms with E-state index < -0.39 is 52.7 Å². The van der Waals surface area contributed by atoms with Crippen LogP contribution in [0.2, 0.25) is 0 Å². The number of hydrogen-bond donors (Lipinski definition) is 0. The van der Waals surface area contributed by atoms with Crippen molar-refractivity contribution >= 4 is 29.1 Å². The molecular formula is C27H18FNO5. The van der Waals surface area contributed by atoms with Crippen LogP contribution in [0.1, 0.15) is 37.9 Å². The summed E-state index contributed by atoms with van der Waals surface area (Å²) in [5, 5.41) is 0. The first-order valence-corrected chi connectivity index (χ1v) is 10.9. The van der Waals surface area contributed by atoms with Crippen LogP contribution in [0.25, 0.3) is 0 Å². The Morgan fingerprint density at radius 3 is 2.09 bits per heavy atom. The summed E-state index contributed by atoms with van der Waals surface area (Å²) in [5.74, 6) is -5.71. The van der Waals surface area contributed by atoms with Gasteiger partial charge in [0.2, 0.25) is 29.0 Å². The number of ketones is 2. The number of carbonyl (C=O) groups is 4. The second kappa shape index (κ2) is 7.01. The summed E-state index contributed by atoms with van der Waals surface area (Å²) in [5.41, 5.74) is -0.198. The van der Waals surface area contributed by atoms with E-state index >= 15 is 0 Å². The van der Waals surface area contributed by atoms with E-state index in [0.29, 0.717) is 5.56 Å². The summed E-state index contributed by atoms with van der Waals surface area (Å²) in [6.07, 6.45) is -0.997. The topological polar surface area (TPSA) is 80.8 Å². The number of benzene rings is 3. The predicted octanol–water partition coefficient (Wildman–Crippen LogP) is 3.83. The van der Waals surface area contributed by atoms with Crippen LogP contribution in [0.15, 0.2) is 72.8 Å². The number of halogens is 1. The summed E-state index contributed by atoms with van der Waals surface area (Å²) in [4.78, 5) is 55.6. The maximum Gasteiger partial charge on any atom is 0.241 e. The molecule has 2 heterocycles. The normalized spacial score (nSPS) is 24.8. The molecule has 2 amide bonds. The molecule has 7 heteroatoms. The third kappa shape index (κ3) is 2.53. The molecule has 0 N–H and O–H groups in total. The van der Waals surface area contributed by atoms with E-state index in [1.54, 1.807) is 24.3 Å². The zero-order valence-electron chi connectivity index (χ0n) is 18.0. The Morgan fingerprint density at radius 2 is 1.47 bits per heavy atom. The first-order chi connectivity index (χ1) is 16.3. The lowest BCUT2D eigenvalue weighted by molar-refractivity contribution is -0.127. The molecule has 3 atom stereocenters. The van der Waals surface area contributed by atoms with Crippen LogP contribution in [0, 0.1) is 24.6 Å². The number of nitrogens with zero attached hydrogens (tertiary/aromatic N) is 1. The maximum atomic E-state index is 14.0. The SMILES string of the molecule is Cc1ccc(C2OC3(C(=O)c4ccccc4C3=O)C3C(=O)N(c4cccc(F)c4)C(=O)C23)cc1. The molecule has 0 saturated carbocycles. The number of rotatable bonds is 2. The van der Waals surface area contributed by atoms with Crippen LogP contribution < -0.4 is 4.90 Å². The van der Waals surface area contributed by atoms with Gasteiger partial charge in [0.1, 0.15) is 5.82 Å². The summed E-state index contributed by atoms with van der Waals surface area (Å²) >= 11 is 0. The fraction of sp³-hybridized carbons (Fsp3) is 0.185. The molecule has 3 aliphatic rings. The highest BCUT2D eigenvalue weighted by Crippen LogP contribution is 2.57. The van der Waals surface area contributed by atoms with E-state index in [1.165, 1.54) is 30.3 Å². The Bertz CT molecular complexity index is 1380. The molecule has 2 saturated heterocycles. The van der Waals surface area contributed by atoms with Gasteiger partial charge in [-0.25, -0.2) is 9.29 Å². The summed E-state index contributed by atoms with van der Waals surface area (Å²) in [7, 11) is 0. The molecule has 0 radical (unpaired) electrons. The monoisotopic (exact) mass is 455 g/mol. The molecule has 1 spiro atoms. The van der Waals surface area contributed by atoms with Crippen molar-refractivity contribution in [3.05, 3.63) is 101 Å². The minimum atomic E-state index is -2.14. The lowest BCUT2D eigenvalue weighted by atomic mass is 9.77. The number of Topliss-reactive ketones (excluding diaryl/α,β-unsaturated/α-hetero) is 2. The molecule has 34 heavy (non-hydrogen) atoms. The van der Waals surface area contributed by atoms with Crippen LogP contribution in [0.4, 0.5) is 10.1 Å². The number of anilines is 1. The zero-order chi connectivity index (χ0) is 23.8. The molecule has 3 aromatic rings. The van der Waals surface area contributed by atoms with Crippen molar-refractivity contribution < 1.29 is 28.3 Å². The van der Waals surface area contributed by atoms with E-state index in [9.17, 15) is 23.6 Å². The van der Waals surface area contributed by atoms with E-state index in [4.69, 9.17) is 4.74 Å². The van der Waals surface area contributed by atoms with Crippen LogP contribution in [0.5, 0.6) is 0 Å². The Kier molecular flexibility index (Phi) is 4.25. The summed E-state index contributed by atoms with van der Waals surface area (Å²) < 4.78 is 20.2. The summed E-state index contributed by atoms with van der Waals surface area (Å²) in [6, 6.07) is 18.6. The van der Waals surface area contributed by atoms with Crippen molar-refractivity contribution in [3.63, 3.8) is 0 Å². The molecule has 6 rings (SSSR count). The second-order valence-corrected chi connectivity index (χ2v) is 8.88. The van der Waals surface area contributed by atoms with Crippen molar-refractivity contribution in [2.24, 2.45) is 11.8 Å². The van der Waals surface area contributed by atoms with Crippen molar-refractivity contribution in [1.29, 1.82) is 0 Å². The van der Waals surface area contributed by atoms with Gasteiger partial charge in [-0.3, -0.25) is 19.2 Å². The fourth-order valence-electron chi connectivity index (χ4n) is 5.44. The molecule has 3 unspecified atom stereocenters. The smallest absolute Gasteiger partial charge is 0.241 e. The van der Waals surface area contributed by atoms with Gasteiger partial charge < -0.3 is 4.74 Å². The standard InChI is InChI=1S/C27H18FNO5/c1-14-9-11-15(12-10-14)22-20-21(26(33)29(25(20)32)17-6-4-5-16(28)13-17)27(34-22)23(30)18-7-2-3-8-19(18)24(27)31/h2-13,20-22H,1H3. The molecule has 3 aromatic carbocycles. The minimum Gasteiger partial charge on any atom is -0.349 e. The number of amides is 2. The molecule has 168 valence electrons. The third-order valence-electron chi connectivity index (χ3n) is 6.99. The van der Waals surface area contributed by atoms with E-state index in [1.807, 2.05) is 19.1 Å². The van der Waals surface area contributed by atoms with Gasteiger partial charge in [0.15, 0.2) is 0 Å². The van der Waals surface area contributed by atoms with Gasteiger partial charge in [0.25, 0.3) is 0 Å². The molecule has 0 bridgehead atoms. The van der Waals surface area contributed by atoms with E-state index in [-0.39, 0.29) is 16.8 Å². The number of ether oxygens (including phenoxy) is 1. The molecule has 6 nitrogen and oxygen atoms in total. The van der Waals surface area contributed by atoms with Crippen LogP contribution in [0.3, 0.4) is 0 Å². The number of carbonyl (C=O) groups excluding carboxylic acids is 4. The van der Waals surface area contributed by atoms with Crippen LogP contribution >= 0.6 is 0 Å². The van der Waals surface area contributed by atoms with E-state index in [0.717, 1.165) is 16.5 Å². The molecule has 0 aromatic heterocycles. The highest BCUT2D eigenvalue weighted by molar-refractivity contribution is 6.37. The Labute approximate surface area is 193 Å². The van der Waals surface area contributed by atoms with Crippen molar-refractivity contribution in [2.45, 2.75) is 18.6 Å². The average Bonchev–Trinajstić information content (AvgIpc) is 3.40. The number of hydrogen-bond acceptors (Lipinski definition) is 5. The zero-order valence-corrected chi connectivity index (χ0v) is 18.0. The van der Waals surface area contributed by atoms with Crippen molar-refractivity contribution in [1.82, 2.24) is 0 Å². The number of fused-ring (bicyclic) bond motifs is 3. The average molecular weight is 455 g/mol. The fourth-order valence-corrected chi connectivity index (χ4v) is 5.44. The van der Waals surface area contributed by atoms with Gasteiger partial charge in [-0.05, 0) is 30.7 Å². The molecule has 2 fully saturated rings. The molecule has 1 aliphatic carbocycles. The van der Waals surface area contributed by atoms with Crippen molar-refractivity contribution in [2.75, 3.05) is 4.90 Å². The number of aryl methyl sites for hydroxylation is 1. The quantitative estimate of drug-likeness (QED) is 0.433. The Morgan fingerprint density at radius 1 is 0.824 bits per heavy atom. The number of imide groups is 1. The van der Waals surface area contributed by atoms with E-state index in [2.05, 4.69) is 0 Å². The largest absolute Gasteiger partial charge is 0.349 e. The predicted molar refractivity (Wildman–Crippen MR) is 119 cm³/mol. The Hall–Kier alpha value is -3.97. The highest BCUT2D eigenvalue weighted by atomic mass is 19.1. The lowest BCUT2D eigenvalue weighted by Crippen LogP contribution is -2.51. The molecule has 2 aliphatic heterocycles. The van der Waals surface area contributed by atoms with Gasteiger partial charge >= 0.3 is 0 Å². The van der Waals surface area contributed by atoms with Gasteiger partial charge in [-0.2, -0.15) is 0 Å². The highest BCUT2D eigenvalue weighted by Gasteiger charge is 2.74. The van der Waals surface area contributed by atoms with Crippen LogP contribution in [-0.2, 0) is 14.3 Å². The second-order valence-electron chi connectivity index (χ2n) is 8.88. The third-order valence-corrected chi connectivity index (χ3v) is 6.99. The first-order valence-electron chi connectivity index (χ1n) is 10.9. The van der Waals surface area contributed by atoms with Gasteiger partial charge in [0.05, 0.1) is 23.6 Å². The maximum absolute atomic E-state index is 14.0. The van der Waals surface area contributed by atoms with Crippen LogP contribution in [-0.4, -0.2) is 29.0 Å². The summed E-state index contributed by atoms with van der Waals surface area (Å²) in [6.45, 7) is 1.90. The van der Waals surface area contributed by atoms with Crippen molar-refractivity contribution in [3.8, 4) is 0 Å². The van der Waals surface area contributed by atoms with Gasteiger partial charge in [-0.1, -0.05) is 60.2 Å². The Balaban J connectivity index is 1.55.